The Morgan fingerprint density at radius 2 is 1.50 bits per heavy atom. The van der Waals surface area contributed by atoms with Crippen molar-refractivity contribution >= 4 is 29.2 Å². The first-order valence-corrected chi connectivity index (χ1v) is 10.1. The lowest BCUT2D eigenvalue weighted by atomic mass is 10.1. The highest BCUT2D eigenvalue weighted by molar-refractivity contribution is 6.05. The predicted octanol–water partition coefficient (Wildman–Crippen LogP) is 4.44. The molecule has 3 aromatic rings. The van der Waals surface area contributed by atoms with Crippen molar-refractivity contribution in [2.24, 2.45) is 0 Å². The molecule has 0 atom stereocenters. The van der Waals surface area contributed by atoms with Crippen LogP contribution in [0.2, 0.25) is 0 Å². The van der Waals surface area contributed by atoms with E-state index in [1.54, 1.807) is 42.5 Å². The smallest absolute Gasteiger partial charge is 0.308 e. The van der Waals surface area contributed by atoms with E-state index in [-0.39, 0.29) is 18.2 Å². The Morgan fingerprint density at radius 1 is 0.812 bits per heavy atom. The van der Waals surface area contributed by atoms with E-state index in [2.05, 4.69) is 10.6 Å². The van der Waals surface area contributed by atoms with Crippen LogP contribution >= 0.6 is 0 Å². The maximum Gasteiger partial charge on any atom is 0.308 e. The molecule has 0 saturated carbocycles. The number of esters is 1. The van der Waals surface area contributed by atoms with Gasteiger partial charge >= 0.3 is 5.97 Å². The molecule has 0 spiro atoms. The number of hydrogen-bond acceptors (Lipinski definition) is 5. The molecule has 7 heteroatoms. The summed E-state index contributed by atoms with van der Waals surface area (Å²) in [4.78, 5) is 36.1. The van der Waals surface area contributed by atoms with Gasteiger partial charge in [0, 0.05) is 23.9 Å². The first-order valence-electron chi connectivity index (χ1n) is 10.1. The van der Waals surface area contributed by atoms with E-state index in [4.69, 9.17) is 9.47 Å². The first kappa shape index (κ1) is 22.6. The summed E-state index contributed by atoms with van der Waals surface area (Å²) in [5, 5.41) is 5.61. The molecule has 32 heavy (non-hydrogen) atoms. The van der Waals surface area contributed by atoms with Crippen LogP contribution in [0.15, 0.2) is 72.8 Å². The van der Waals surface area contributed by atoms with Gasteiger partial charge in [-0.15, -0.1) is 0 Å². The van der Waals surface area contributed by atoms with Crippen LogP contribution in [-0.2, 0) is 16.0 Å². The second-order valence-electron chi connectivity index (χ2n) is 6.96. The van der Waals surface area contributed by atoms with Gasteiger partial charge in [-0.25, -0.2) is 0 Å². The number of carbonyl (C=O) groups is 3. The molecule has 0 aromatic heterocycles. The number of carbonyl (C=O) groups excluding carboxylic acids is 3. The molecule has 0 aliphatic rings. The average molecular weight is 432 g/mol. The topological polar surface area (TPSA) is 93.7 Å². The van der Waals surface area contributed by atoms with Crippen LogP contribution in [0.4, 0.5) is 11.4 Å². The fraction of sp³-hybridized carbons (Fsp3) is 0.160. The second-order valence-corrected chi connectivity index (χ2v) is 6.96. The molecule has 0 aliphatic heterocycles. The highest BCUT2D eigenvalue weighted by atomic mass is 16.5. The summed E-state index contributed by atoms with van der Waals surface area (Å²) in [5.74, 6) is 0.0544. The predicted molar refractivity (Wildman–Crippen MR) is 122 cm³/mol. The van der Waals surface area contributed by atoms with E-state index >= 15 is 0 Å². The summed E-state index contributed by atoms with van der Waals surface area (Å²) in [7, 11) is 0. The molecule has 3 rings (SSSR count). The van der Waals surface area contributed by atoms with Crippen LogP contribution in [0.1, 0.15) is 29.8 Å². The number of anilines is 2. The van der Waals surface area contributed by atoms with Crippen LogP contribution in [0.25, 0.3) is 0 Å². The molecular formula is C25H24N2O5. The lowest BCUT2D eigenvalue weighted by Crippen LogP contribution is -2.15. The molecule has 2 amide bonds. The van der Waals surface area contributed by atoms with E-state index < -0.39 is 5.97 Å². The maximum absolute atomic E-state index is 12.6. The van der Waals surface area contributed by atoms with E-state index in [1.165, 1.54) is 13.0 Å². The molecule has 3 aromatic carbocycles. The Hall–Kier alpha value is -4.13. The zero-order valence-corrected chi connectivity index (χ0v) is 17.9. The van der Waals surface area contributed by atoms with Crippen LogP contribution in [0, 0.1) is 0 Å². The van der Waals surface area contributed by atoms with Crippen molar-refractivity contribution in [3.05, 3.63) is 83.9 Å². The number of amides is 2. The van der Waals surface area contributed by atoms with Crippen LogP contribution in [0.5, 0.6) is 11.5 Å². The van der Waals surface area contributed by atoms with Crippen LogP contribution in [-0.4, -0.2) is 24.4 Å². The van der Waals surface area contributed by atoms with Gasteiger partial charge in [0.05, 0.1) is 13.0 Å². The largest absolute Gasteiger partial charge is 0.494 e. The summed E-state index contributed by atoms with van der Waals surface area (Å²) >= 11 is 0. The van der Waals surface area contributed by atoms with Gasteiger partial charge in [0.15, 0.2) is 0 Å². The normalized spacial score (nSPS) is 10.2. The number of nitrogens with one attached hydrogen (secondary N) is 2. The fourth-order valence-corrected chi connectivity index (χ4v) is 3.01. The molecule has 0 unspecified atom stereocenters. The number of hydrogen-bond donors (Lipinski definition) is 2. The molecule has 164 valence electrons. The van der Waals surface area contributed by atoms with Crippen LogP contribution in [0.3, 0.4) is 0 Å². The Kier molecular flexibility index (Phi) is 7.59. The average Bonchev–Trinajstić information content (AvgIpc) is 2.75. The van der Waals surface area contributed by atoms with Crippen molar-refractivity contribution in [2.45, 2.75) is 20.3 Å². The summed E-state index contributed by atoms with van der Waals surface area (Å²) in [6.07, 6.45) is 0.214. The number of rotatable bonds is 8. The van der Waals surface area contributed by atoms with Gasteiger partial charge in [-0.05, 0) is 61.0 Å². The summed E-state index contributed by atoms with van der Waals surface area (Å²) in [6, 6.07) is 20.6. The Bertz CT molecular complexity index is 1110. The fourth-order valence-electron chi connectivity index (χ4n) is 3.01. The van der Waals surface area contributed by atoms with Gasteiger partial charge in [-0.3, -0.25) is 14.4 Å². The van der Waals surface area contributed by atoms with Gasteiger partial charge < -0.3 is 20.1 Å². The molecule has 0 radical (unpaired) electrons. The Labute approximate surface area is 186 Å². The van der Waals surface area contributed by atoms with Crippen LogP contribution < -0.4 is 20.1 Å². The lowest BCUT2D eigenvalue weighted by molar-refractivity contribution is -0.131. The van der Waals surface area contributed by atoms with E-state index in [9.17, 15) is 14.4 Å². The molecule has 2 N–H and O–H groups in total. The molecule has 0 bridgehead atoms. The highest BCUT2D eigenvalue weighted by Crippen LogP contribution is 2.19. The monoisotopic (exact) mass is 432 g/mol. The molecular weight excluding hydrogens is 408 g/mol. The summed E-state index contributed by atoms with van der Waals surface area (Å²) in [5.41, 5.74) is 2.29. The SMILES string of the molecule is CCOc1ccc(CC(=O)Nc2cccc(NC(=O)c3cccc(OC(C)=O)c3)c2)cc1. The highest BCUT2D eigenvalue weighted by Gasteiger charge is 2.10. The number of ether oxygens (including phenoxy) is 2. The minimum Gasteiger partial charge on any atom is -0.494 e. The van der Waals surface area contributed by atoms with Crippen molar-refractivity contribution in [1.29, 1.82) is 0 Å². The standard InChI is InChI=1S/C25H24N2O5/c1-3-31-22-12-10-18(11-13-22)14-24(29)26-20-7-5-8-21(16-20)27-25(30)19-6-4-9-23(15-19)32-17(2)28/h4-13,15-16H,3,14H2,1-2H3,(H,26,29)(H,27,30). The van der Waals surface area contributed by atoms with E-state index in [0.717, 1.165) is 11.3 Å². The van der Waals surface area contributed by atoms with Gasteiger partial charge in [0.1, 0.15) is 11.5 Å². The van der Waals surface area contributed by atoms with Gasteiger partial charge in [0.2, 0.25) is 5.91 Å². The minimum atomic E-state index is -0.462. The maximum atomic E-state index is 12.6. The third kappa shape index (κ3) is 6.70. The Balaban J connectivity index is 1.60. The summed E-state index contributed by atoms with van der Waals surface area (Å²) < 4.78 is 10.4. The Morgan fingerprint density at radius 3 is 2.19 bits per heavy atom. The van der Waals surface area contributed by atoms with Gasteiger partial charge in [0.25, 0.3) is 5.91 Å². The zero-order valence-electron chi connectivity index (χ0n) is 17.9. The van der Waals surface area contributed by atoms with Crippen molar-refractivity contribution in [1.82, 2.24) is 0 Å². The van der Waals surface area contributed by atoms with Crippen molar-refractivity contribution < 1.29 is 23.9 Å². The van der Waals surface area contributed by atoms with E-state index in [0.29, 0.717) is 29.3 Å². The molecule has 0 heterocycles. The van der Waals surface area contributed by atoms with Crippen molar-refractivity contribution in [2.75, 3.05) is 17.2 Å². The lowest BCUT2D eigenvalue weighted by Gasteiger charge is -2.10. The van der Waals surface area contributed by atoms with Gasteiger partial charge in [-0.2, -0.15) is 0 Å². The molecule has 7 nitrogen and oxygen atoms in total. The minimum absolute atomic E-state index is 0.174. The quantitative estimate of drug-likeness (QED) is 0.405. The third-order valence-corrected chi connectivity index (χ3v) is 4.36. The second kappa shape index (κ2) is 10.8. The number of benzene rings is 3. The van der Waals surface area contributed by atoms with E-state index in [1.807, 2.05) is 31.2 Å². The van der Waals surface area contributed by atoms with Crippen molar-refractivity contribution in [3.8, 4) is 11.5 Å². The molecule has 0 saturated heterocycles. The molecule has 0 fully saturated rings. The first-order chi connectivity index (χ1) is 15.4. The third-order valence-electron chi connectivity index (χ3n) is 4.36. The zero-order chi connectivity index (χ0) is 22.9. The van der Waals surface area contributed by atoms with Gasteiger partial charge in [-0.1, -0.05) is 24.3 Å². The molecule has 0 aliphatic carbocycles. The van der Waals surface area contributed by atoms with Crippen molar-refractivity contribution in [3.63, 3.8) is 0 Å². The summed E-state index contributed by atoms with van der Waals surface area (Å²) in [6.45, 7) is 3.80.